The summed E-state index contributed by atoms with van der Waals surface area (Å²) in [5.74, 6) is -1.17. The average molecular weight is 240 g/mol. The molecule has 1 atom stereocenters. The van der Waals surface area contributed by atoms with E-state index < -0.39 is 11.9 Å². The van der Waals surface area contributed by atoms with E-state index in [9.17, 15) is 9.59 Å². The average Bonchev–Trinajstić information content (AvgIpc) is 2.80. The van der Waals surface area contributed by atoms with Gasteiger partial charge in [-0.3, -0.25) is 5.10 Å². The van der Waals surface area contributed by atoms with Crippen LogP contribution in [0.15, 0.2) is 0 Å². The number of rotatable bonds is 4. The van der Waals surface area contributed by atoms with Crippen molar-refractivity contribution in [2.75, 3.05) is 14.2 Å². The molecule has 1 heterocycles. The van der Waals surface area contributed by atoms with Gasteiger partial charge in [-0.2, -0.15) is 5.10 Å². The van der Waals surface area contributed by atoms with Gasteiger partial charge in [0.15, 0.2) is 5.69 Å². The first-order chi connectivity index (χ1) is 8.06. The van der Waals surface area contributed by atoms with Crippen molar-refractivity contribution >= 4 is 11.9 Å². The Morgan fingerprint density at radius 3 is 2.35 bits per heavy atom. The fraction of sp³-hybridized carbons (Fsp3) is 0.545. The molecule has 94 valence electrons. The Morgan fingerprint density at radius 1 is 1.29 bits per heavy atom. The molecule has 17 heavy (non-hydrogen) atoms. The van der Waals surface area contributed by atoms with E-state index in [1.54, 1.807) is 0 Å². The number of H-pyrrole nitrogens is 1. The van der Waals surface area contributed by atoms with Crippen LogP contribution >= 0.6 is 0 Å². The molecule has 1 unspecified atom stereocenters. The molecule has 0 amide bonds. The van der Waals surface area contributed by atoms with Gasteiger partial charge in [0.1, 0.15) is 5.56 Å². The Balaban J connectivity index is 3.29. The third-order valence-electron chi connectivity index (χ3n) is 2.67. The van der Waals surface area contributed by atoms with Gasteiger partial charge in [-0.25, -0.2) is 9.59 Å². The summed E-state index contributed by atoms with van der Waals surface area (Å²) in [5, 5.41) is 6.53. The Bertz CT molecular complexity index is 425. The van der Waals surface area contributed by atoms with Crippen LogP contribution in [-0.2, 0) is 9.47 Å². The Kier molecular flexibility index (Phi) is 4.25. The molecule has 0 saturated heterocycles. The lowest BCUT2D eigenvalue weighted by molar-refractivity contribution is 0.0551. The molecule has 6 nitrogen and oxygen atoms in total. The van der Waals surface area contributed by atoms with Crippen LogP contribution in [0.2, 0.25) is 0 Å². The second kappa shape index (κ2) is 5.47. The normalized spacial score (nSPS) is 12.0. The van der Waals surface area contributed by atoms with E-state index in [-0.39, 0.29) is 17.2 Å². The van der Waals surface area contributed by atoms with Crippen molar-refractivity contribution in [2.45, 2.75) is 26.2 Å². The van der Waals surface area contributed by atoms with Crippen molar-refractivity contribution in [3.8, 4) is 0 Å². The number of hydrogen-bond donors (Lipinski definition) is 1. The third kappa shape index (κ3) is 2.46. The molecule has 0 saturated carbocycles. The lowest BCUT2D eigenvalue weighted by Crippen LogP contribution is -2.13. The summed E-state index contributed by atoms with van der Waals surface area (Å²) in [7, 11) is 2.50. The summed E-state index contributed by atoms with van der Waals surface area (Å²) in [6.45, 7) is 3.91. The van der Waals surface area contributed by atoms with Crippen LogP contribution in [0.5, 0.6) is 0 Å². The zero-order valence-electron chi connectivity index (χ0n) is 10.4. The molecule has 1 aromatic rings. The van der Waals surface area contributed by atoms with Crippen LogP contribution in [0.3, 0.4) is 0 Å². The van der Waals surface area contributed by atoms with E-state index in [4.69, 9.17) is 0 Å². The lowest BCUT2D eigenvalue weighted by atomic mass is 10.00. The second-order valence-electron chi connectivity index (χ2n) is 3.65. The van der Waals surface area contributed by atoms with Gasteiger partial charge in [0, 0.05) is 0 Å². The summed E-state index contributed by atoms with van der Waals surface area (Å²) in [5.41, 5.74) is 0.725. The van der Waals surface area contributed by atoms with Gasteiger partial charge >= 0.3 is 11.9 Å². The Morgan fingerprint density at radius 2 is 1.88 bits per heavy atom. The Labute approximate surface area is 99.3 Å². The smallest absolute Gasteiger partial charge is 0.359 e. The molecule has 1 aromatic heterocycles. The van der Waals surface area contributed by atoms with Crippen LogP contribution in [0, 0.1) is 0 Å². The van der Waals surface area contributed by atoms with Crippen molar-refractivity contribution < 1.29 is 19.1 Å². The maximum atomic E-state index is 11.7. The van der Waals surface area contributed by atoms with E-state index in [1.807, 2.05) is 13.8 Å². The summed E-state index contributed by atoms with van der Waals surface area (Å²) >= 11 is 0. The third-order valence-corrected chi connectivity index (χ3v) is 2.67. The van der Waals surface area contributed by atoms with Crippen LogP contribution in [0.25, 0.3) is 0 Å². The van der Waals surface area contributed by atoms with E-state index in [0.29, 0.717) is 5.69 Å². The number of methoxy groups -OCH3 is 2. The molecule has 0 aliphatic rings. The van der Waals surface area contributed by atoms with E-state index in [0.717, 1.165) is 6.42 Å². The SMILES string of the molecule is CCC(C)c1[nH]nc(C(=O)OC)c1C(=O)OC. The predicted octanol–water partition coefficient (Wildman–Crippen LogP) is 1.50. The molecule has 0 aliphatic carbocycles. The van der Waals surface area contributed by atoms with Crippen LogP contribution in [0.1, 0.15) is 52.7 Å². The zero-order chi connectivity index (χ0) is 13.0. The number of aromatic nitrogens is 2. The standard InChI is InChI=1S/C11H16N2O4/c1-5-6(2)8-7(10(14)16-3)9(13-12-8)11(15)17-4/h6H,5H2,1-4H3,(H,12,13). The molecular formula is C11H16N2O4. The van der Waals surface area contributed by atoms with Crippen molar-refractivity contribution in [1.29, 1.82) is 0 Å². The minimum absolute atomic E-state index is 0.0327. The van der Waals surface area contributed by atoms with Crippen molar-refractivity contribution in [3.63, 3.8) is 0 Å². The minimum Gasteiger partial charge on any atom is -0.465 e. The molecule has 0 aromatic carbocycles. The monoisotopic (exact) mass is 240 g/mol. The molecule has 6 heteroatoms. The number of nitrogens with one attached hydrogen (secondary N) is 1. The highest BCUT2D eigenvalue weighted by atomic mass is 16.5. The molecule has 1 N–H and O–H groups in total. The van der Waals surface area contributed by atoms with E-state index >= 15 is 0 Å². The number of aromatic amines is 1. The summed E-state index contributed by atoms with van der Waals surface area (Å²) in [6, 6.07) is 0. The van der Waals surface area contributed by atoms with Crippen LogP contribution < -0.4 is 0 Å². The van der Waals surface area contributed by atoms with E-state index in [2.05, 4.69) is 19.7 Å². The van der Waals surface area contributed by atoms with Gasteiger partial charge in [0.05, 0.1) is 19.9 Å². The zero-order valence-corrected chi connectivity index (χ0v) is 10.4. The quantitative estimate of drug-likeness (QED) is 0.806. The van der Waals surface area contributed by atoms with Gasteiger partial charge in [0.2, 0.25) is 0 Å². The number of carbonyl (C=O) groups is 2. The molecule has 0 bridgehead atoms. The van der Waals surface area contributed by atoms with Gasteiger partial charge in [-0.1, -0.05) is 13.8 Å². The summed E-state index contributed by atoms with van der Waals surface area (Å²) < 4.78 is 9.23. The summed E-state index contributed by atoms with van der Waals surface area (Å²) in [4.78, 5) is 23.1. The number of ether oxygens (including phenoxy) is 2. The van der Waals surface area contributed by atoms with Crippen molar-refractivity contribution in [3.05, 3.63) is 17.0 Å². The highest BCUT2D eigenvalue weighted by Crippen LogP contribution is 2.24. The van der Waals surface area contributed by atoms with Crippen molar-refractivity contribution in [1.82, 2.24) is 10.2 Å². The fourth-order valence-corrected chi connectivity index (χ4v) is 1.47. The molecule has 0 radical (unpaired) electrons. The molecule has 0 fully saturated rings. The van der Waals surface area contributed by atoms with Crippen LogP contribution in [0.4, 0.5) is 0 Å². The van der Waals surface area contributed by atoms with Gasteiger partial charge < -0.3 is 9.47 Å². The molecule has 0 aliphatic heterocycles. The number of esters is 2. The number of hydrogen-bond acceptors (Lipinski definition) is 5. The first-order valence-corrected chi connectivity index (χ1v) is 5.31. The maximum Gasteiger partial charge on any atom is 0.359 e. The first-order valence-electron chi connectivity index (χ1n) is 5.31. The van der Waals surface area contributed by atoms with E-state index in [1.165, 1.54) is 14.2 Å². The summed E-state index contributed by atoms with van der Waals surface area (Å²) in [6.07, 6.45) is 0.812. The number of nitrogens with zero attached hydrogens (tertiary/aromatic N) is 1. The van der Waals surface area contributed by atoms with Crippen LogP contribution in [-0.4, -0.2) is 36.4 Å². The number of carbonyl (C=O) groups excluding carboxylic acids is 2. The minimum atomic E-state index is -0.656. The largest absolute Gasteiger partial charge is 0.465 e. The van der Waals surface area contributed by atoms with Gasteiger partial charge in [-0.15, -0.1) is 0 Å². The predicted molar refractivity (Wildman–Crippen MR) is 60.0 cm³/mol. The van der Waals surface area contributed by atoms with Gasteiger partial charge in [-0.05, 0) is 12.3 Å². The fourth-order valence-electron chi connectivity index (χ4n) is 1.47. The first kappa shape index (κ1) is 13.2. The highest BCUT2D eigenvalue weighted by molar-refractivity contribution is 6.02. The maximum absolute atomic E-state index is 11.7. The molecular weight excluding hydrogens is 224 g/mol. The topological polar surface area (TPSA) is 81.3 Å². The molecule has 1 rings (SSSR count). The van der Waals surface area contributed by atoms with Gasteiger partial charge in [0.25, 0.3) is 0 Å². The van der Waals surface area contributed by atoms with Crippen molar-refractivity contribution in [2.24, 2.45) is 0 Å². The highest BCUT2D eigenvalue weighted by Gasteiger charge is 2.28. The molecule has 0 spiro atoms. The Hall–Kier alpha value is -1.85. The lowest BCUT2D eigenvalue weighted by Gasteiger charge is -2.08. The second-order valence-corrected chi connectivity index (χ2v) is 3.65.